The molecule has 3 heteroatoms. The monoisotopic (exact) mass is 314 g/mol. The molecule has 2 atom stereocenters. The maximum atomic E-state index is 12.4. The Hall–Kier alpha value is -0.410. The number of ketones is 1. The Labute approximate surface area is 137 Å². The highest BCUT2D eigenvalue weighted by Gasteiger charge is 2.31. The van der Waals surface area contributed by atoms with Gasteiger partial charge in [0, 0.05) is 13.0 Å². The third-order valence-electron chi connectivity index (χ3n) is 4.76. The summed E-state index contributed by atoms with van der Waals surface area (Å²) in [6, 6.07) is 0. The minimum absolute atomic E-state index is 0.214. The molecule has 0 amide bonds. The van der Waals surface area contributed by atoms with Gasteiger partial charge in [0.05, 0.1) is 6.61 Å². The van der Waals surface area contributed by atoms with E-state index in [0.717, 1.165) is 32.1 Å². The Bertz CT molecular complexity index is 278. The van der Waals surface area contributed by atoms with Gasteiger partial charge in [0.15, 0.2) is 5.78 Å². The van der Waals surface area contributed by atoms with E-state index in [0.29, 0.717) is 18.9 Å². The molecule has 0 heterocycles. The van der Waals surface area contributed by atoms with E-state index in [9.17, 15) is 4.79 Å². The Kier molecular flexibility index (Phi) is 12.8. The quantitative estimate of drug-likeness (QED) is 0.437. The summed E-state index contributed by atoms with van der Waals surface area (Å²) < 4.78 is 6.08. The Balaban J connectivity index is 4.24. The van der Waals surface area contributed by atoms with Gasteiger partial charge in [-0.05, 0) is 38.5 Å². The van der Waals surface area contributed by atoms with Crippen molar-refractivity contribution in [1.29, 1.82) is 0 Å². The molecule has 0 saturated carbocycles. The maximum absolute atomic E-state index is 12.4. The summed E-state index contributed by atoms with van der Waals surface area (Å²) in [4.78, 5) is 12.4. The van der Waals surface area contributed by atoms with Gasteiger partial charge in [-0.3, -0.25) is 4.79 Å². The standard InChI is InChI=1S/C19H38O3/c1-5-8-10-13-17(6-2)16-22-19(4,7-3)18(21)14-11-9-12-15-20/h17,20H,5-16H2,1-4H3. The zero-order valence-corrected chi connectivity index (χ0v) is 15.3. The molecule has 0 rings (SSSR count). The molecular formula is C19H38O3. The molecule has 3 nitrogen and oxygen atoms in total. The van der Waals surface area contributed by atoms with Gasteiger partial charge in [-0.15, -0.1) is 0 Å². The number of hydrogen-bond acceptors (Lipinski definition) is 3. The van der Waals surface area contributed by atoms with E-state index in [2.05, 4.69) is 13.8 Å². The summed E-state index contributed by atoms with van der Waals surface area (Å²) in [6.45, 7) is 9.32. The number of carbonyl (C=O) groups excluding carboxylic acids is 1. The van der Waals surface area contributed by atoms with Crippen molar-refractivity contribution in [3.05, 3.63) is 0 Å². The molecule has 22 heavy (non-hydrogen) atoms. The SMILES string of the molecule is CCCCCC(CC)COC(C)(CC)C(=O)CCCCCO. The van der Waals surface area contributed by atoms with Gasteiger partial charge in [-0.25, -0.2) is 0 Å². The molecule has 0 aliphatic carbocycles. The first-order valence-corrected chi connectivity index (χ1v) is 9.32. The van der Waals surface area contributed by atoms with Gasteiger partial charge in [-0.2, -0.15) is 0 Å². The van der Waals surface area contributed by atoms with E-state index < -0.39 is 5.60 Å². The summed E-state index contributed by atoms with van der Waals surface area (Å²) in [5, 5.41) is 8.79. The van der Waals surface area contributed by atoms with Gasteiger partial charge in [-0.1, -0.05) is 52.9 Å². The first-order chi connectivity index (χ1) is 10.5. The molecule has 0 saturated heterocycles. The molecule has 0 fully saturated rings. The lowest BCUT2D eigenvalue weighted by molar-refractivity contribution is -0.145. The van der Waals surface area contributed by atoms with Crippen molar-refractivity contribution in [1.82, 2.24) is 0 Å². The second kappa shape index (κ2) is 13.1. The molecule has 1 N–H and O–H groups in total. The predicted molar refractivity (Wildman–Crippen MR) is 93.1 cm³/mol. The lowest BCUT2D eigenvalue weighted by Gasteiger charge is -2.29. The summed E-state index contributed by atoms with van der Waals surface area (Å²) in [7, 11) is 0. The van der Waals surface area contributed by atoms with Crippen molar-refractivity contribution >= 4 is 5.78 Å². The summed E-state index contributed by atoms with van der Waals surface area (Å²) >= 11 is 0. The number of hydrogen-bond donors (Lipinski definition) is 1. The second-order valence-corrected chi connectivity index (χ2v) is 6.62. The van der Waals surface area contributed by atoms with E-state index >= 15 is 0 Å². The minimum Gasteiger partial charge on any atom is -0.396 e. The molecule has 0 aliphatic heterocycles. The third kappa shape index (κ3) is 8.89. The fourth-order valence-electron chi connectivity index (χ4n) is 2.61. The number of rotatable bonds is 15. The van der Waals surface area contributed by atoms with E-state index in [1.807, 2.05) is 13.8 Å². The predicted octanol–water partition coefficient (Wildman–Crippen LogP) is 4.90. The first kappa shape index (κ1) is 21.6. The molecule has 0 spiro atoms. The van der Waals surface area contributed by atoms with Crippen LogP contribution in [0.3, 0.4) is 0 Å². The van der Waals surface area contributed by atoms with E-state index in [4.69, 9.17) is 9.84 Å². The van der Waals surface area contributed by atoms with Crippen LogP contribution in [0.25, 0.3) is 0 Å². The third-order valence-corrected chi connectivity index (χ3v) is 4.76. The fraction of sp³-hybridized carbons (Fsp3) is 0.947. The average Bonchev–Trinajstić information content (AvgIpc) is 2.54. The van der Waals surface area contributed by atoms with Crippen LogP contribution < -0.4 is 0 Å². The van der Waals surface area contributed by atoms with Crippen LogP contribution in [0.15, 0.2) is 0 Å². The fourth-order valence-corrected chi connectivity index (χ4v) is 2.61. The summed E-state index contributed by atoms with van der Waals surface area (Å²) in [5.74, 6) is 0.788. The average molecular weight is 315 g/mol. The first-order valence-electron chi connectivity index (χ1n) is 9.32. The largest absolute Gasteiger partial charge is 0.396 e. The summed E-state index contributed by atoms with van der Waals surface area (Å²) in [6.07, 6.45) is 9.96. The van der Waals surface area contributed by atoms with Crippen molar-refractivity contribution in [2.24, 2.45) is 5.92 Å². The van der Waals surface area contributed by atoms with Crippen molar-refractivity contribution in [3.63, 3.8) is 0 Å². The van der Waals surface area contributed by atoms with Crippen molar-refractivity contribution in [2.75, 3.05) is 13.2 Å². The molecule has 0 aromatic carbocycles. The Morgan fingerprint density at radius 3 is 2.36 bits per heavy atom. The normalized spacial score (nSPS) is 15.5. The number of ether oxygens (including phenoxy) is 1. The van der Waals surface area contributed by atoms with Crippen molar-refractivity contribution < 1.29 is 14.6 Å². The highest BCUT2D eigenvalue weighted by atomic mass is 16.5. The molecule has 132 valence electrons. The van der Waals surface area contributed by atoms with Crippen LogP contribution in [0.5, 0.6) is 0 Å². The van der Waals surface area contributed by atoms with Gasteiger partial charge >= 0.3 is 0 Å². The van der Waals surface area contributed by atoms with Crippen LogP contribution in [0.4, 0.5) is 0 Å². The van der Waals surface area contributed by atoms with E-state index in [1.165, 1.54) is 25.7 Å². The Morgan fingerprint density at radius 2 is 1.82 bits per heavy atom. The maximum Gasteiger partial charge on any atom is 0.164 e. The number of unbranched alkanes of at least 4 members (excludes halogenated alkanes) is 4. The van der Waals surface area contributed by atoms with Crippen LogP contribution in [-0.4, -0.2) is 29.7 Å². The highest BCUT2D eigenvalue weighted by molar-refractivity contribution is 5.86. The van der Waals surface area contributed by atoms with E-state index in [1.54, 1.807) is 0 Å². The van der Waals surface area contributed by atoms with Crippen molar-refractivity contribution in [3.8, 4) is 0 Å². The van der Waals surface area contributed by atoms with Crippen LogP contribution in [-0.2, 0) is 9.53 Å². The number of Topliss-reactive ketones (excluding diaryl/α,β-unsaturated/α-hetero) is 1. The lowest BCUT2D eigenvalue weighted by Crippen LogP contribution is -2.39. The molecular weight excluding hydrogens is 276 g/mol. The summed E-state index contributed by atoms with van der Waals surface area (Å²) in [5.41, 5.74) is -0.628. The smallest absolute Gasteiger partial charge is 0.164 e. The van der Waals surface area contributed by atoms with Crippen molar-refractivity contribution in [2.45, 2.75) is 97.5 Å². The second-order valence-electron chi connectivity index (χ2n) is 6.62. The topological polar surface area (TPSA) is 46.5 Å². The minimum atomic E-state index is -0.628. The van der Waals surface area contributed by atoms with Crippen LogP contribution in [0.1, 0.15) is 91.9 Å². The molecule has 0 aliphatic rings. The zero-order valence-electron chi connectivity index (χ0n) is 15.3. The van der Waals surface area contributed by atoms with Gasteiger partial charge in [0.2, 0.25) is 0 Å². The number of carbonyl (C=O) groups is 1. The molecule has 2 unspecified atom stereocenters. The van der Waals surface area contributed by atoms with Gasteiger partial charge in [0.1, 0.15) is 5.60 Å². The van der Waals surface area contributed by atoms with Crippen LogP contribution in [0, 0.1) is 5.92 Å². The van der Waals surface area contributed by atoms with Crippen LogP contribution in [0.2, 0.25) is 0 Å². The molecule has 0 radical (unpaired) electrons. The number of aliphatic hydroxyl groups excluding tert-OH is 1. The molecule has 0 bridgehead atoms. The van der Waals surface area contributed by atoms with Crippen LogP contribution >= 0.6 is 0 Å². The highest BCUT2D eigenvalue weighted by Crippen LogP contribution is 2.23. The molecule has 0 aromatic rings. The van der Waals surface area contributed by atoms with E-state index in [-0.39, 0.29) is 12.4 Å². The van der Waals surface area contributed by atoms with Gasteiger partial charge < -0.3 is 9.84 Å². The zero-order chi connectivity index (χ0) is 16.8. The Morgan fingerprint density at radius 1 is 1.09 bits per heavy atom. The molecule has 0 aromatic heterocycles. The number of aliphatic hydroxyl groups is 1. The van der Waals surface area contributed by atoms with Gasteiger partial charge in [0.25, 0.3) is 0 Å². The lowest BCUT2D eigenvalue weighted by atomic mass is 9.92.